The summed E-state index contributed by atoms with van der Waals surface area (Å²) in [5, 5.41) is -0.0490. The molecule has 0 spiro atoms. The molecule has 0 saturated heterocycles. The summed E-state index contributed by atoms with van der Waals surface area (Å²) in [5.74, 6) is 1.03. The minimum absolute atomic E-state index is 0.0490. The third-order valence-corrected chi connectivity index (χ3v) is 3.36. The standard InChI is InChI=1S/C13H13O4P/c1-10-5-7-11(8-6-10)17-12-3-2-4-13(9-12)18(14,15)16/h2-9H,1H3,(H2,14,15,16). The second-order valence-electron chi connectivity index (χ2n) is 3.96. The third kappa shape index (κ3) is 3.20. The van der Waals surface area contributed by atoms with E-state index in [9.17, 15) is 4.57 Å². The van der Waals surface area contributed by atoms with Crippen molar-refractivity contribution in [2.24, 2.45) is 0 Å². The van der Waals surface area contributed by atoms with Gasteiger partial charge in [-0.25, -0.2) is 0 Å². The highest BCUT2D eigenvalue weighted by Gasteiger charge is 2.17. The maximum Gasteiger partial charge on any atom is 0.356 e. The number of benzene rings is 2. The second kappa shape index (κ2) is 4.94. The van der Waals surface area contributed by atoms with Gasteiger partial charge in [-0.2, -0.15) is 0 Å². The van der Waals surface area contributed by atoms with E-state index in [1.165, 1.54) is 12.1 Å². The van der Waals surface area contributed by atoms with Crippen LogP contribution in [0.15, 0.2) is 48.5 Å². The van der Waals surface area contributed by atoms with E-state index in [0.29, 0.717) is 11.5 Å². The molecule has 0 saturated carbocycles. The lowest BCUT2D eigenvalue weighted by Gasteiger charge is -2.08. The molecule has 2 N–H and O–H groups in total. The summed E-state index contributed by atoms with van der Waals surface area (Å²) in [5.41, 5.74) is 1.12. The summed E-state index contributed by atoms with van der Waals surface area (Å²) in [6, 6.07) is 13.4. The Kier molecular flexibility index (Phi) is 3.53. The molecular formula is C13H13O4P. The molecule has 0 heterocycles. The van der Waals surface area contributed by atoms with Gasteiger partial charge in [0.2, 0.25) is 0 Å². The van der Waals surface area contributed by atoms with Crippen molar-refractivity contribution >= 4 is 12.9 Å². The van der Waals surface area contributed by atoms with Crippen LogP contribution in [0.1, 0.15) is 5.56 Å². The first-order chi connectivity index (χ1) is 8.45. The van der Waals surface area contributed by atoms with Crippen LogP contribution >= 0.6 is 7.60 Å². The molecule has 0 atom stereocenters. The van der Waals surface area contributed by atoms with Crippen molar-refractivity contribution in [2.75, 3.05) is 0 Å². The molecule has 5 heteroatoms. The Hall–Kier alpha value is -1.61. The molecule has 2 aromatic carbocycles. The van der Waals surface area contributed by atoms with E-state index >= 15 is 0 Å². The van der Waals surface area contributed by atoms with E-state index in [1.54, 1.807) is 24.3 Å². The molecule has 2 rings (SSSR count). The molecule has 0 radical (unpaired) electrons. The maximum atomic E-state index is 11.1. The zero-order valence-electron chi connectivity index (χ0n) is 9.78. The van der Waals surface area contributed by atoms with Gasteiger partial charge in [-0.05, 0) is 37.3 Å². The number of hydrogen-bond donors (Lipinski definition) is 2. The predicted molar refractivity (Wildman–Crippen MR) is 69.4 cm³/mol. The Bertz CT molecular complexity index is 586. The average molecular weight is 264 g/mol. The summed E-state index contributed by atoms with van der Waals surface area (Å²) in [6.07, 6.45) is 0. The van der Waals surface area contributed by atoms with Gasteiger partial charge in [0.25, 0.3) is 0 Å². The molecule has 0 bridgehead atoms. The predicted octanol–water partition coefficient (Wildman–Crippen LogP) is 2.59. The summed E-state index contributed by atoms with van der Waals surface area (Å²) < 4.78 is 16.6. The number of ether oxygens (including phenoxy) is 1. The van der Waals surface area contributed by atoms with Crippen LogP contribution in [0.25, 0.3) is 0 Å². The minimum atomic E-state index is -4.24. The van der Waals surface area contributed by atoms with Gasteiger partial charge in [0.05, 0.1) is 5.30 Å². The summed E-state index contributed by atoms with van der Waals surface area (Å²) in [7, 11) is -4.24. The maximum absolute atomic E-state index is 11.1. The highest BCUT2D eigenvalue weighted by Crippen LogP contribution is 2.34. The largest absolute Gasteiger partial charge is 0.457 e. The monoisotopic (exact) mass is 264 g/mol. The van der Waals surface area contributed by atoms with Gasteiger partial charge in [0.15, 0.2) is 0 Å². The molecule has 0 unspecified atom stereocenters. The van der Waals surface area contributed by atoms with Crippen molar-refractivity contribution in [3.8, 4) is 11.5 Å². The Labute approximate surface area is 105 Å². The van der Waals surface area contributed by atoms with E-state index in [0.717, 1.165) is 5.56 Å². The molecule has 0 aliphatic rings. The highest BCUT2D eigenvalue weighted by molar-refractivity contribution is 7.60. The first kappa shape index (κ1) is 12.8. The van der Waals surface area contributed by atoms with Crippen LogP contribution in [0.2, 0.25) is 0 Å². The molecule has 0 aromatic heterocycles. The van der Waals surface area contributed by atoms with Crippen molar-refractivity contribution in [1.82, 2.24) is 0 Å². The van der Waals surface area contributed by atoms with Crippen LogP contribution in [0.5, 0.6) is 11.5 Å². The van der Waals surface area contributed by atoms with E-state index < -0.39 is 7.60 Å². The average Bonchev–Trinajstić information content (AvgIpc) is 2.31. The van der Waals surface area contributed by atoms with E-state index in [1.807, 2.05) is 19.1 Å². The SMILES string of the molecule is Cc1ccc(Oc2cccc(P(=O)(O)O)c2)cc1. The Morgan fingerprint density at radius 1 is 1.00 bits per heavy atom. The first-order valence-corrected chi connectivity index (χ1v) is 6.97. The minimum Gasteiger partial charge on any atom is -0.457 e. The highest BCUT2D eigenvalue weighted by atomic mass is 31.2. The summed E-state index contributed by atoms with van der Waals surface area (Å²) in [6.45, 7) is 1.97. The van der Waals surface area contributed by atoms with Crippen LogP contribution in [-0.2, 0) is 4.57 Å². The van der Waals surface area contributed by atoms with Gasteiger partial charge < -0.3 is 14.5 Å². The zero-order valence-corrected chi connectivity index (χ0v) is 10.7. The number of rotatable bonds is 3. The van der Waals surface area contributed by atoms with E-state index in [4.69, 9.17) is 14.5 Å². The molecule has 2 aromatic rings. The topological polar surface area (TPSA) is 66.8 Å². The first-order valence-electron chi connectivity index (χ1n) is 5.36. The van der Waals surface area contributed by atoms with Gasteiger partial charge in [0, 0.05) is 0 Å². The number of hydrogen-bond acceptors (Lipinski definition) is 2. The van der Waals surface area contributed by atoms with Crippen molar-refractivity contribution in [3.63, 3.8) is 0 Å². The quantitative estimate of drug-likeness (QED) is 0.836. The molecule has 0 aliphatic heterocycles. The van der Waals surface area contributed by atoms with Gasteiger partial charge in [-0.1, -0.05) is 23.8 Å². The van der Waals surface area contributed by atoms with Crippen LogP contribution in [-0.4, -0.2) is 9.79 Å². The van der Waals surface area contributed by atoms with Crippen molar-refractivity contribution in [2.45, 2.75) is 6.92 Å². The van der Waals surface area contributed by atoms with Crippen LogP contribution in [0, 0.1) is 6.92 Å². The van der Waals surface area contributed by atoms with Gasteiger partial charge in [-0.3, -0.25) is 4.57 Å². The lowest BCUT2D eigenvalue weighted by molar-refractivity contribution is 0.387. The Balaban J connectivity index is 2.25. The normalized spacial score (nSPS) is 11.3. The van der Waals surface area contributed by atoms with Crippen molar-refractivity contribution in [3.05, 3.63) is 54.1 Å². The second-order valence-corrected chi connectivity index (χ2v) is 5.56. The lowest BCUT2D eigenvalue weighted by Crippen LogP contribution is -2.03. The van der Waals surface area contributed by atoms with Gasteiger partial charge >= 0.3 is 7.60 Å². The fourth-order valence-corrected chi connectivity index (χ4v) is 2.05. The van der Waals surface area contributed by atoms with Crippen molar-refractivity contribution in [1.29, 1.82) is 0 Å². The van der Waals surface area contributed by atoms with E-state index in [2.05, 4.69) is 0 Å². The smallest absolute Gasteiger partial charge is 0.356 e. The third-order valence-electron chi connectivity index (χ3n) is 2.41. The molecule has 0 amide bonds. The molecule has 0 aliphatic carbocycles. The van der Waals surface area contributed by atoms with Gasteiger partial charge in [-0.15, -0.1) is 0 Å². The fraction of sp³-hybridized carbons (Fsp3) is 0.0769. The summed E-state index contributed by atoms with van der Waals surface area (Å²) in [4.78, 5) is 18.1. The Morgan fingerprint density at radius 3 is 2.28 bits per heavy atom. The Morgan fingerprint density at radius 2 is 1.67 bits per heavy atom. The van der Waals surface area contributed by atoms with Crippen LogP contribution in [0.3, 0.4) is 0 Å². The molecule has 18 heavy (non-hydrogen) atoms. The lowest BCUT2D eigenvalue weighted by atomic mass is 10.2. The summed E-state index contributed by atoms with van der Waals surface area (Å²) >= 11 is 0. The molecule has 94 valence electrons. The fourth-order valence-electron chi connectivity index (χ4n) is 1.47. The molecular weight excluding hydrogens is 251 g/mol. The van der Waals surface area contributed by atoms with Crippen molar-refractivity contribution < 1.29 is 19.1 Å². The van der Waals surface area contributed by atoms with Crippen LogP contribution in [0.4, 0.5) is 0 Å². The molecule has 4 nitrogen and oxygen atoms in total. The zero-order chi connectivity index (χ0) is 13.2. The van der Waals surface area contributed by atoms with Gasteiger partial charge in [0.1, 0.15) is 11.5 Å². The van der Waals surface area contributed by atoms with Crippen LogP contribution < -0.4 is 10.0 Å². The van der Waals surface area contributed by atoms with E-state index in [-0.39, 0.29) is 5.30 Å². The number of aryl methyl sites for hydroxylation is 1. The molecule has 0 fully saturated rings.